The van der Waals surface area contributed by atoms with E-state index in [1.807, 2.05) is 0 Å². The standard InChI is InChI=1S/C19H25N3O/c1-3-17-20-18(23)19(21-17)9-8-15-11-22(12-16(15)19)10-14-6-4-13(2)5-7-14/h4-7,15-16H,3,8-12H2,1-2H3,(H,20,21,23)/t15-,16+,19-/m0/s1. The van der Waals surface area contributed by atoms with E-state index in [9.17, 15) is 4.79 Å². The van der Waals surface area contributed by atoms with E-state index in [0.717, 1.165) is 44.7 Å². The van der Waals surface area contributed by atoms with Gasteiger partial charge in [-0.2, -0.15) is 0 Å². The lowest BCUT2D eigenvalue weighted by Crippen LogP contribution is -2.44. The molecule has 122 valence electrons. The van der Waals surface area contributed by atoms with E-state index in [1.54, 1.807) is 0 Å². The van der Waals surface area contributed by atoms with E-state index in [4.69, 9.17) is 4.99 Å². The molecular weight excluding hydrogens is 286 g/mol. The molecule has 4 heteroatoms. The summed E-state index contributed by atoms with van der Waals surface area (Å²) in [5, 5.41) is 3.01. The van der Waals surface area contributed by atoms with E-state index in [1.165, 1.54) is 11.1 Å². The third-order valence-corrected chi connectivity index (χ3v) is 5.87. The number of aliphatic imine (C=N–C) groups is 1. The summed E-state index contributed by atoms with van der Waals surface area (Å²) in [6.45, 7) is 7.26. The summed E-state index contributed by atoms with van der Waals surface area (Å²) in [7, 11) is 0. The highest BCUT2D eigenvalue weighted by atomic mass is 16.2. The van der Waals surface area contributed by atoms with Crippen molar-refractivity contribution in [3.05, 3.63) is 35.4 Å². The highest BCUT2D eigenvalue weighted by Crippen LogP contribution is 2.49. The molecule has 2 heterocycles. The summed E-state index contributed by atoms with van der Waals surface area (Å²) in [6.07, 6.45) is 2.87. The molecule has 1 amide bonds. The van der Waals surface area contributed by atoms with Gasteiger partial charge in [-0.3, -0.25) is 14.7 Å². The average Bonchev–Trinajstić information content (AvgIpc) is 3.18. The Morgan fingerprint density at radius 3 is 2.78 bits per heavy atom. The van der Waals surface area contributed by atoms with E-state index >= 15 is 0 Å². The van der Waals surface area contributed by atoms with Gasteiger partial charge >= 0.3 is 0 Å². The molecule has 0 unspecified atom stereocenters. The lowest BCUT2D eigenvalue weighted by atomic mass is 9.85. The summed E-state index contributed by atoms with van der Waals surface area (Å²) in [6, 6.07) is 8.79. The monoisotopic (exact) mass is 311 g/mol. The Balaban J connectivity index is 1.50. The molecule has 1 N–H and O–H groups in total. The highest BCUT2D eigenvalue weighted by molar-refractivity contribution is 6.08. The second-order valence-electron chi connectivity index (χ2n) is 7.38. The topological polar surface area (TPSA) is 44.7 Å². The number of carbonyl (C=O) groups excluding carboxylic acids is 1. The second-order valence-corrected chi connectivity index (χ2v) is 7.38. The number of rotatable bonds is 3. The van der Waals surface area contributed by atoms with Gasteiger partial charge in [0.05, 0.1) is 0 Å². The molecule has 1 aliphatic carbocycles. The van der Waals surface area contributed by atoms with Gasteiger partial charge in [0, 0.05) is 32.0 Å². The van der Waals surface area contributed by atoms with Gasteiger partial charge in [-0.25, -0.2) is 0 Å². The Kier molecular flexibility index (Phi) is 3.52. The molecule has 2 aliphatic heterocycles. The molecule has 0 bridgehead atoms. The van der Waals surface area contributed by atoms with Gasteiger partial charge in [-0.1, -0.05) is 36.8 Å². The van der Waals surface area contributed by atoms with Crippen molar-refractivity contribution in [3.63, 3.8) is 0 Å². The fourth-order valence-electron chi connectivity index (χ4n) is 4.61. The fraction of sp³-hybridized carbons (Fsp3) is 0.579. The summed E-state index contributed by atoms with van der Waals surface area (Å²) >= 11 is 0. The second kappa shape index (κ2) is 5.45. The number of nitrogens with zero attached hydrogens (tertiary/aromatic N) is 2. The van der Waals surface area contributed by atoms with Crippen molar-refractivity contribution in [1.82, 2.24) is 10.2 Å². The quantitative estimate of drug-likeness (QED) is 0.932. The molecule has 2 fully saturated rings. The van der Waals surface area contributed by atoms with Gasteiger partial charge in [-0.05, 0) is 31.2 Å². The smallest absolute Gasteiger partial charge is 0.253 e. The minimum Gasteiger partial charge on any atom is -0.312 e. The minimum atomic E-state index is -0.460. The van der Waals surface area contributed by atoms with Crippen LogP contribution in [0.15, 0.2) is 29.3 Å². The summed E-state index contributed by atoms with van der Waals surface area (Å²) in [4.78, 5) is 19.9. The summed E-state index contributed by atoms with van der Waals surface area (Å²) in [5.41, 5.74) is 2.20. The van der Waals surface area contributed by atoms with Gasteiger partial charge in [0.1, 0.15) is 11.4 Å². The molecule has 1 spiro atoms. The Morgan fingerprint density at radius 2 is 2.09 bits per heavy atom. The van der Waals surface area contributed by atoms with Crippen molar-refractivity contribution in [2.45, 2.75) is 45.2 Å². The molecular formula is C19H25N3O. The lowest BCUT2D eigenvalue weighted by molar-refractivity contribution is -0.125. The Labute approximate surface area is 138 Å². The van der Waals surface area contributed by atoms with Crippen molar-refractivity contribution in [2.24, 2.45) is 16.8 Å². The van der Waals surface area contributed by atoms with Crippen LogP contribution in [0.2, 0.25) is 0 Å². The number of hydrogen-bond donors (Lipinski definition) is 1. The molecule has 3 aliphatic rings. The van der Waals surface area contributed by atoms with Crippen LogP contribution < -0.4 is 5.32 Å². The third-order valence-electron chi connectivity index (χ3n) is 5.87. The van der Waals surface area contributed by atoms with Crippen molar-refractivity contribution < 1.29 is 4.79 Å². The van der Waals surface area contributed by atoms with E-state index in [2.05, 4.69) is 48.3 Å². The third kappa shape index (κ3) is 2.40. The van der Waals surface area contributed by atoms with Crippen molar-refractivity contribution >= 4 is 11.7 Å². The number of amides is 1. The molecule has 23 heavy (non-hydrogen) atoms. The Morgan fingerprint density at radius 1 is 1.30 bits per heavy atom. The predicted octanol–water partition coefficient (Wildman–Crippen LogP) is 2.51. The van der Waals surface area contributed by atoms with E-state index < -0.39 is 5.54 Å². The van der Waals surface area contributed by atoms with Crippen molar-refractivity contribution in [2.75, 3.05) is 13.1 Å². The van der Waals surface area contributed by atoms with Crippen LogP contribution in [0.25, 0.3) is 0 Å². The average molecular weight is 311 g/mol. The number of aryl methyl sites for hydroxylation is 1. The van der Waals surface area contributed by atoms with Gasteiger partial charge in [-0.15, -0.1) is 0 Å². The molecule has 4 rings (SSSR count). The van der Waals surface area contributed by atoms with Crippen LogP contribution in [-0.4, -0.2) is 35.3 Å². The summed E-state index contributed by atoms with van der Waals surface area (Å²) in [5.74, 6) is 2.04. The molecule has 0 aromatic heterocycles. The maximum absolute atomic E-state index is 12.6. The first-order valence-electron chi connectivity index (χ1n) is 8.79. The zero-order valence-electron chi connectivity index (χ0n) is 14.0. The number of hydrogen-bond acceptors (Lipinski definition) is 3. The SMILES string of the molecule is CCC1=N[C@]2(CC[C@H]3CN(Cc4ccc(C)cc4)C[C@H]32)C(=O)N1. The van der Waals surface area contributed by atoms with Crippen LogP contribution in [0.5, 0.6) is 0 Å². The number of likely N-dealkylation sites (tertiary alicyclic amines) is 1. The number of benzene rings is 1. The zero-order chi connectivity index (χ0) is 16.0. The molecule has 1 aromatic carbocycles. The zero-order valence-corrected chi connectivity index (χ0v) is 14.0. The Hall–Kier alpha value is -1.68. The fourth-order valence-corrected chi connectivity index (χ4v) is 4.61. The molecule has 4 nitrogen and oxygen atoms in total. The van der Waals surface area contributed by atoms with Crippen LogP contribution in [0.1, 0.15) is 37.3 Å². The number of nitrogens with one attached hydrogen (secondary N) is 1. The van der Waals surface area contributed by atoms with Gasteiger partial charge in [0.15, 0.2) is 0 Å². The van der Waals surface area contributed by atoms with Crippen LogP contribution in [0.3, 0.4) is 0 Å². The normalized spacial score (nSPS) is 33.1. The van der Waals surface area contributed by atoms with E-state index in [0.29, 0.717) is 11.8 Å². The van der Waals surface area contributed by atoms with E-state index in [-0.39, 0.29) is 5.91 Å². The summed E-state index contributed by atoms with van der Waals surface area (Å²) < 4.78 is 0. The maximum atomic E-state index is 12.6. The van der Waals surface area contributed by atoms with Crippen molar-refractivity contribution in [3.8, 4) is 0 Å². The first kappa shape index (κ1) is 14.9. The maximum Gasteiger partial charge on any atom is 0.253 e. The molecule has 1 aromatic rings. The Bertz CT molecular complexity index is 651. The number of carbonyl (C=O) groups is 1. The lowest BCUT2D eigenvalue weighted by Gasteiger charge is -2.25. The molecule has 0 radical (unpaired) electrons. The molecule has 3 atom stereocenters. The number of amidine groups is 1. The largest absolute Gasteiger partial charge is 0.312 e. The van der Waals surface area contributed by atoms with Gasteiger partial charge < -0.3 is 5.32 Å². The van der Waals surface area contributed by atoms with Gasteiger partial charge in [0.2, 0.25) is 0 Å². The van der Waals surface area contributed by atoms with Crippen LogP contribution in [-0.2, 0) is 11.3 Å². The first-order valence-corrected chi connectivity index (χ1v) is 8.79. The van der Waals surface area contributed by atoms with Crippen LogP contribution in [0, 0.1) is 18.8 Å². The minimum absolute atomic E-state index is 0.152. The predicted molar refractivity (Wildman–Crippen MR) is 91.3 cm³/mol. The number of fused-ring (bicyclic) bond motifs is 2. The van der Waals surface area contributed by atoms with Crippen LogP contribution >= 0.6 is 0 Å². The molecule has 1 saturated heterocycles. The first-order chi connectivity index (χ1) is 11.1. The van der Waals surface area contributed by atoms with Gasteiger partial charge in [0.25, 0.3) is 5.91 Å². The molecule has 1 saturated carbocycles. The van der Waals surface area contributed by atoms with Crippen LogP contribution in [0.4, 0.5) is 0 Å². The van der Waals surface area contributed by atoms with Crippen molar-refractivity contribution in [1.29, 1.82) is 0 Å². The highest BCUT2D eigenvalue weighted by Gasteiger charge is 2.58.